The van der Waals surface area contributed by atoms with Crippen LogP contribution in [0.15, 0.2) is 48.5 Å². The van der Waals surface area contributed by atoms with E-state index >= 15 is 0 Å². The molecule has 3 rings (SSSR count). The van der Waals surface area contributed by atoms with E-state index in [1.807, 2.05) is 0 Å². The van der Waals surface area contributed by atoms with E-state index in [1.54, 1.807) is 13.0 Å². The molecule has 1 fully saturated rings. The highest BCUT2D eigenvalue weighted by Gasteiger charge is 2.36. The number of nitrogens with zero attached hydrogens (tertiary/aromatic N) is 3. The molecule has 1 saturated heterocycles. The number of carbonyl (C=O) groups is 2. The monoisotopic (exact) mass is 357 g/mol. The van der Waals surface area contributed by atoms with Crippen molar-refractivity contribution in [2.75, 3.05) is 18.0 Å². The minimum Gasteiger partial charge on any atom is -0.325 e. The summed E-state index contributed by atoms with van der Waals surface area (Å²) in [6.45, 7) is 2.04. The van der Waals surface area contributed by atoms with Gasteiger partial charge in [0.1, 0.15) is 11.9 Å². The lowest BCUT2D eigenvalue weighted by atomic mass is 10.1. The Hall–Kier alpha value is -3.29. The number of hydrogen-bond donors (Lipinski definition) is 0. The molecular formula is C18H16FN3O4. The topological polar surface area (TPSA) is 83.8 Å². The summed E-state index contributed by atoms with van der Waals surface area (Å²) in [7, 11) is 0. The van der Waals surface area contributed by atoms with E-state index in [4.69, 9.17) is 0 Å². The number of halogens is 1. The Morgan fingerprint density at radius 2 is 1.81 bits per heavy atom. The molecule has 134 valence electrons. The Labute approximate surface area is 148 Å². The number of anilines is 1. The molecule has 0 N–H and O–H groups in total. The molecule has 1 aliphatic rings. The van der Waals surface area contributed by atoms with Crippen molar-refractivity contribution in [2.45, 2.75) is 13.0 Å². The largest absolute Gasteiger partial charge is 0.325 e. The van der Waals surface area contributed by atoms with Gasteiger partial charge in [-0.3, -0.25) is 19.7 Å². The summed E-state index contributed by atoms with van der Waals surface area (Å²) in [5.41, 5.74) is 0.379. The molecule has 0 aliphatic carbocycles. The summed E-state index contributed by atoms with van der Waals surface area (Å²) in [4.78, 5) is 38.3. The van der Waals surface area contributed by atoms with Gasteiger partial charge >= 0.3 is 0 Å². The van der Waals surface area contributed by atoms with Crippen LogP contribution in [-0.2, 0) is 4.79 Å². The fourth-order valence-electron chi connectivity index (χ4n) is 2.95. The van der Waals surface area contributed by atoms with Crippen molar-refractivity contribution in [3.8, 4) is 0 Å². The highest BCUT2D eigenvalue weighted by molar-refractivity contribution is 6.03. The number of benzene rings is 2. The molecule has 1 heterocycles. The number of nitro groups is 1. The first-order chi connectivity index (χ1) is 12.4. The van der Waals surface area contributed by atoms with Gasteiger partial charge in [-0.1, -0.05) is 12.1 Å². The van der Waals surface area contributed by atoms with E-state index in [9.17, 15) is 24.1 Å². The van der Waals surface area contributed by atoms with Gasteiger partial charge in [0.05, 0.1) is 10.5 Å². The first-order valence-corrected chi connectivity index (χ1v) is 8.01. The SMILES string of the molecule is CC1C(=O)N(c2ccc([N+](=O)[O-])cc2)CCN1C(=O)c1ccccc1F. The maximum atomic E-state index is 13.9. The Bertz CT molecular complexity index is 869. The maximum absolute atomic E-state index is 13.9. The van der Waals surface area contributed by atoms with Crippen LogP contribution in [0.1, 0.15) is 17.3 Å². The minimum absolute atomic E-state index is 0.0670. The second-order valence-electron chi connectivity index (χ2n) is 5.92. The molecular weight excluding hydrogens is 341 g/mol. The summed E-state index contributed by atoms with van der Waals surface area (Å²) in [6, 6.07) is 10.5. The van der Waals surface area contributed by atoms with Crippen LogP contribution in [0.2, 0.25) is 0 Å². The number of piperazine rings is 1. The quantitative estimate of drug-likeness (QED) is 0.624. The molecule has 1 aliphatic heterocycles. The van der Waals surface area contributed by atoms with Gasteiger partial charge in [0.2, 0.25) is 5.91 Å². The van der Waals surface area contributed by atoms with E-state index in [0.717, 1.165) is 0 Å². The van der Waals surface area contributed by atoms with Crippen molar-refractivity contribution in [2.24, 2.45) is 0 Å². The van der Waals surface area contributed by atoms with E-state index in [0.29, 0.717) is 5.69 Å². The summed E-state index contributed by atoms with van der Waals surface area (Å²) in [5.74, 6) is -1.49. The van der Waals surface area contributed by atoms with Crippen molar-refractivity contribution in [3.05, 3.63) is 70.0 Å². The van der Waals surface area contributed by atoms with Gasteiger partial charge in [0.15, 0.2) is 0 Å². The molecule has 0 aromatic heterocycles. The number of amides is 2. The standard InChI is InChI=1S/C18H16FN3O4/c1-12-17(23)21(13-6-8-14(9-7-13)22(25)26)11-10-20(12)18(24)15-4-2-3-5-16(15)19/h2-9,12H,10-11H2,1H3. The van der Waals surface area contributed by atoms with Crippen LogP contribution >= 0.6 is 0 Å². The predicted octanol–water partition coefficient (Wildman–Crippen LogP) is 2.61. The summed E-state index contributed by atoms with van der Waals surface area (Å²) in [5, 5.41) is 10.7. The molecule has 2 aromatic carbocycles. The molecule has 0 radical (unpaired) electrons. The second kappa shape index (κ2) is 6.91. The van der Waals surface area contributed by atoms with Crippen molar-refractivity contribution in [1.29, 1.82) is 0 Å². The average molecular weight is 357 g/mol. The number of rotatable bonds is 3. The van der Waals surface area contributed by atoms with E-state index in [-0.39, 0.29) is 30.2 Å². The molecule has 7 nitrogen and oxygen atoms in total. The van der Waals surface area contributed by atoms with Crippen LogP contribution in [0.3, 0.4) is 0 Å². The van der Waals surface area contributed by atoms with Crippen LogP contribution in [0.4, 0.5) is 15.8 Å². The molecule has 2 aromatic rings. The predicted molar refractivity (Wildman–Crippen MR) is 92.3 cm³/mol. The van der Waals surface area contributed by atoms with Gasteiger partial charge in [-0.05, 0) is 31.2 Å². The molecule has 26 heavy (non-hydrogen) atoms. The molecule has 0 bridgehead atoms. The van der Waals surface area contributed by atoms with Gasteiger partial charge in [0, 0.05) is 30.9 Å². The van der Waals surface area contributed by atoms with Crippen LogP contribution in [0.25, 0.3) is 0 Å². The smallest absolute Gasteiger partial charge is 0.269 e. The van der Waals surface area contributed by atoms with Gasteiger partial charge in [-0.25, -0.2) is 4.39 Å². The lowest BCUT2D eigenvalue weighted by Crippen LogP contribution is -2.57. The van der Waals surface area contributed by atoms with Crippen LogP contribution in [0, 0.1) is 15.9 Å². The number of non-ortho nitro benzene ring substituents is 1. The van der Waals surface area contributed by atoms with E-state index in [1.165, 1.54) is 52.3 Å². The fourth-order valence-corrected chi connectivity index (χ4v) is 2.95. The van der Waals surface area contributed by atoms with Gasteiger partial charge in [-0.15, -0.1) is 0 Å². The Morgan fingerprint density at radius 3 is 2.42 bits per heavy atom. The highest BCUT2D eigenvalue weighted by Crippen LogP contribution is 2.24. The second-order valence-corrected chi connectivity index (χ2v) is 5.92. The van der Waals surface area contributed by atoms with Crippen LogP contribution in [0.5, 0.6) is 0 Å². The van der Waals surface area contributed by atoms with Crippen LogP contribution < -0.4 is 4.90 Å². The van der Waals surface area contributed by atoms with Gasteiger partial charge in [-0.2, -0.15) is 0 Å². The Kier molecular flexibility index (Phi) is 4.66. The highest BCUT2D eigenvalue weighted by atomic mass is 19.1. The maximum Gasteiger partial charge on any atom is 0.269 e. The summed E-state index contributed by atoms with van der Waals surface area (Å²) >= 11 is 0. The third-order valence-corrected chi connectivity index (χ3v) is 4.39. The molecule has 8 heteroatoms. The lowest BCUT2D eigenvalue weighted by Gasteiger charge is -2.39. The molecule has 1 atom stereocenters. The summed E-state index contributed by atoms with van der Waals surface area (Å²) < 4.78 is 13.9. The zero-order chi connectivity index (χ0) is 18.8. The van der Waals surface area contributed by atoms with Crippen molar-refractivity contribution < 1.29 is 18.9 Å². The molecule has 0 saturated carbocycles. The number of nitro benzene ring substituents is 1. The van der Waals surface area contributed by atoms with Gasteiger partial charge in [0.25, 0.3) is 11.6 Å². The average Bonchev–Trinajstić information content (AvgIpc) is 2.64. The van der Waals surface area contributed by atoms with Crippen molar-refractivity contribution in [1.82, 2.24) is 4.90 Å². The zero-order valence-electron chi connectivity index (χ0n) is 14.0. The summed E-state index contributed by atoms with van der Waals surface area (Å²) in [6.07, 6.45) is 0. The third kappa shape index (κ3) is 3.13. The number of hydrogen-bond acceptors (Lipinski definition) is 4. The first kappa shape index (κ1) is 17.5. The normalized spacial score (nSPS) is 17.3. The minimum atomic E-state index is -0.772. The first-order valence-electron chi connectivity index (χ1n) is 8.01. The van der Waals surface area contributed by atoms with E-state index < -0.39 is 22.7 Å². The Morgan fingerprint density at radius 1 is 1.15 bits per heavy atom. The van der Waals surface area contributed by atoms with Crippen molar-refractivity contribution >= 4 is 23.2 Å². The molecule has 1 unspecified atom stereocenters. The van der Waals surface area contributed by atoms with Crippen LogP contribution in [-0.4, -0.2) is 40.8 Å². The van der Waals surface area contributed by atoms with Crippen molar-refractivity contribution in [3.63, 3.8) is 0 Å². The third-order valence-electron chi connectivity index (χ3n) is 4.39. The van der Waals surface area contributed by atoms with E-state index in [2.05, 4.69) is 0 Å². The number of carbonyl (C=O) groups excluding carboxylic acids is 2. The zero-order valence-corrected chi connectivity index (χ0v) is 14.0. The Balaban J connectivity index is 1.79. The fraction of sp³-hybridized carbons (Fsp3) is 0.222. The molecule has 2 amide bonds. The molecule has 0 spiro atoms. The lowest BCUT2D eigenvalue weighted by molar-refractivity contribution is -0.384. The van der Waals surface area contributed by atoms with Gasteiger partial charge < -0.3 is 9.80 Å².